The van der Waals surface area contributed by atoms with Gasteiger partial charge in [0, 0.05) is 26.4 Å². The molecule has 0 aromatic carbocycles. The molecule has 1 aliphatic heterocycles. The lowest BCUT2D eigenvalue weighted by Gasteiger charge is -2.33. The van der Waals surface area contributed by atoms with E-state index in [0.717, 1.165) is 5.69 Å². The van der Waals surface area contributed by atoms with Crippen LogP contribution in [0.4, 0.5) is 0 Å². The molecule has 0 spiro atoms. The van der Waals surface area contributed by atoms with Gasteiger partial charge in [0.1, 0.15) is 6.61 Å². The van der Waals surface area contributed by atoms with Crippen LogP contribution >= 0.6 is 0 Å². The number of amides is 1. The number of methoxy groups -OCH3 is 1. The molecular weight excluding hydrogens is 284 g/mol. The summed E-state index contributed by atoms with van der Waals surface area (Å²) in [6, 6.07) is -0.170. The number of nitrogens with zero attached hydrogens (tertiary/aromatic N) is 3. The zero-order valence-electron chi connectivity index (χ0n) is 11.4. The van der Waals surface area contributed by atoms with E-state index >= 15 is 0 Å². The van der Waals surface area contributed by atoms with Gasteiger partial charge >= 0.3 is 0 Å². The van der Waals surface area contributed by atoms with Gasteiger partial charge in [0.2, 0.25) is 15.9 Å². The molecule has 2 rings (SSSR count). The third-order valence-electron chi connectivity index (χ3n) is 3.17. The third-order valence-corrected chi connectivity index (χ3v) is 4.39. The Morgan fingerprint density at radius 2 is 2.35 bits per heavy atom. The van der Waals surface area contributed by atoms with Gasteiger partial charge in [-0.3, -0.25) is 4.79 Å². The fourth-order valence-electron chi connectivity index (χ4n) is 2.18. The summed E-state index contributed by atoms with van der Waals surface area (Å²) < 4.78 is 31.4. The number of hydrogen-bond donors (Lipinski definition) is 1. The highest BCUT2D eigenvalue weighted by molar-refractivity contribution is 7.88. The molecule has 0 unspecified atom stereocenters. The van der Waals surface area contributed by atoms with Crippen LogP contribution in [0, 0.1) is 0 Å². The van der Waals surface area contributed by atoms with Crippen molar-refractivity contribution in [3.8, 4) is 0 Å². The fourth-order valence-corrected chi connectivity index (χ4v) is 2.99. The van der Waals surface area contributed by atoms with E-state index in [4.69, 9.17) is 4.74 Å². The van der Waals surface area contributed by atoms with Gasteiger partial charge in [-0.2, -0.15) is 4.31 Å². The first kappa shape index (κ1) is 14.9. The van der Waals surface area contributed by atoms with Gasteiger partial charge in [-0.1, -0.05) is 0 Å². The second-order valence-electron chi connectivity index (χ2n) is 4.74. The summed E-state index contributed by atoms with van der Waals surface area (Å²) in [4.78, 5) is 15.5. The van der Waals surface area contributed by atoms with Crippen molar-refractivity contribution < 1.29 is 17.9 Å². The van der Waals surface area contributed by atoms with Gasteiger partial charge in [-0.05, 0) is 0 Å². The van der Waals surface area contributed by atoms with E-state index in [1.807, 2.05) is 4.57 Å². The summed E-state index contributed by atoms with van der Waals surface area (Å²) in [7, 11) is -1.83. The summed E-state index contributed by atoms with van der Waals surface area (Å²) >= 11 is 0. The van der Waals surface area contributed by atoms with Crippen LogP contribution in [-0.2, 0) is 26.1 Å². The van der Waals surface area contributed by atoms with Gasteiger partial charge in [-0.25, -0.2) is 13.4 Å². The van der Waals surface area contributed by atoms with E-state index in [9.17, 15) is 13.2 Å². The van der Waals surface area contributed by atoms with Crippen LogP contribution in [0.1, 0.15) is 11.7 Å². The summed E-state index contributed by atoms with van der Waals surface area (Å²) in [5, 5.41) is 2.72. The average Bonchev–Trinajstić information content (AvgIpc) is 2.83. The second-order valence-corrected chi connectivity index (χ2v) is 6.72. The molecule has 0 saturated carbocycles. The van der Waals surface area contributed by atoms with E-state index in [-0.39, 0.29) is 18.6 Å². The number of fused-ring (bicyclic) bond motifs is 1. The first-order valence-electron chi connectivity index (χ1n) is 6.13. The Labute approximate surface area is 117 Å². The highest BCUT2D eigenvalue weighted by Crippen LogP contribution is 2.22. The van der Waals surface area contributed by atoms with Crippen molar-refractivity contribution in [3.63, 3.8) is 0 Å². The number of ether oxygens (including phenoxy) is 1. The van der Waals surface area contributed by atoms with Crippen molar-refractivity contribution in [2.45, 2.75) is 12.6 Å². The van der Waals surface area contributed by atoms with Crippen molar-refractivity contribution >= 4 is 15.9 Å². The molecule has 8 nitrogen and oxygen atoms in total. The Morgan fingerprint density at radius 3 is 3.00 bits per heavy atom. The minimum Gasteiger partial charge on any atom is -0.375 e. The van der Waals surface area contributed by atoms with Crippen LogP contribution in [-0.4, -0.2) is 61.2 Å². The number of sulfonamides is 1. The molecule has 1 amide bonds. The number of carbonyl (C=O) groups excluding carboxylic acids is 1. The van der Waals surface area contributed by atoms with Gasteiger partial charge < -0.3 is 14.6 Å². The maximum Gasteiger partial charge on any atom is 0.246 e. The summed E-state index contributed by atoms with van der Waals surface area (Å²) in [5.41, 5.74) is 0.813. The first-order chi connectivity index (χ1) is 9.41. The molecule has 20 heavy (non-hydrogen) atoms. The van der Waals surface area contributed by atoms with E-state index in [1.54, 1.807) is 12.5 Å². The average molecular weight is 302 g/mol. The molecule has 0 aliphatic carbocycles. The van der Waals surface area contributed by atoms with Gasteiger partial charge in [-0.15, -0.1) is 0 Å². The van der Waals surface area contributed by atoms with Crippen LogP contribution < -0.4 is 5.32 Å². The highest BCUT2D eigenvalue weighted by Gasteiger charge is 2.29. The molecule has 1 aromatic rings. The van der Waals surface area contributed by atoms with Gasteiger partial charge in [0.15, 0.2) is 0 Å². The lowest BCUT2D eigenvalue weighted by atomic mass is 10.2. The third kappa shape index (κ3) is 3.35. The van der Waals surface area contributed by atoms with Crippen LogP contribution in [0.25, 0.3) is 0 Å². The largest absolute Gasteiger partial charge is 0.375 e. The maximum absolute atomic E-state index is 11.7. The van der Waals surface area contributed by atoms with Crippen molar-refractivity contribution in [2.24, 2.45) is 0 Å². The van der Waals surface area contributed by atoms with E-state index < -0.39 is 10.0 Å². The lowest BCUT2D eigenvalue weighted by molar-refractivity contribution is -0.124. The fraction of sp³-hybridized carbons (Fsp3) is 0.636. The predicted octanol–water partition coefficient (Wildman–Crippen LogP) is -1.04. The monoisotopic (exact) mass is 302 g/mol. The molecule has 0 saturated heterocycles. The van der Waals surface area contributed by atoms with Crippen LogP contribution in [0.2, 0.25) is 0 Å². The molecule has 1 aliphatic rings. The van der Waals surface area contributed by atoms with Crippen LogP contribution in [0.5, 0.6) is 0 Å². The van der Waals surface area contributed by atoms with Crippen LogP contribution in [0.3, 0.4) is 0 Å². The SMILES string of the molecule is COCC(=O)NC[C@@H]1CN(S(C)(=O)=O)Cc2cncn21. The van der Waals surface area contributed by atoms with E-state index in [2.05, 4.69) is 10.3 Å². The number of imidazole rings is 1. The maximum atomic E-state index is 11.7. The summed E-state index contributed by atoms with van der Waals surface area (Å²) in [6.07, 6.45) is 4.48. The van der Waals surface area contributed by atoms with Gasteiger partial charge in [0.05, 0.1) is 30.9 Å². The lowest BCUT2D eigenvalue weighted by Crippen LogP contribution is -2.44. The Balaban J connectivity index is 2.10. The topological polar surface area (TPSA) is 93.5 Å². The molecule has 9 heteroatoms. The minimum absolute atomic E-state index is 0.0146. The molecular formula is C11H18N4O4S. The van der Waals surface area contributed by atoms with Crippen molar-refractivity contribution in [3.05, 3.63) is 18.2 Å². The van der Waals surface area contributed by atoms with Crippen LogP contribution in [0.15, 0.2) is 12.5 Å². The molecule has 2 heterocycles. The van der Waals surface area contributed by atoms with E-state index in [1.165, 1.54) is 17.7 Å². The molecule has 0 bridgehead atoms. The molecule has 0 fully saturated rings. The quantitative estimate of drug-likeness (QED) is 0.750. The number of carbonyl (C=O) groups is 1. The van der Waals surface area contributed by atoms with Crippen molar-refractivity contribution in [2.75, 3.05) is 33.1 Å². The van der Waals surface area contributed by atoms with Crippen molar-refractivity contribution in [1.29, 1.82) is 0 Å². The smallest absolute Gasteiger partial charge is 0.246 e. The highest BCUT2D eigenvalue weighted by atomic mass is 32.2. The second kappa shape index (κ2) is 5.90. The molecule has 1 N–H and O–H groups in total. The molecule has 0 radical (unpaired) electrons. The standard InChI is InChI=1S/C11H18N4O4S/c1-19-7-11(16)13-4-10-6-14(20(2,17)18)5-9-3-12-8-15(9)10/h3,8,10H,4-7H2,1-2H3,(H,13,16)/t10-/m1/s1. The van der Waals surface area contributed by atoms with Crippen molar-refractivity contribution in [1.82, 2.24) is 19.2 Å². The van der Waals surface area contributed by atoms with E-state index in [0.29, 0.717) is 19.6 Å². The normalized spacial score (nSPS) is 19.6. The molecule has 1 aromatic heterocycles. The molecule has 1 atom stereocenters. The summed E-state index contributed by atoms with van der Waals surface area (Å²) in [6.45, 7) is 0.938. The first-order valence-corrected chi connectivity index (χ1v) is 7.98. The Bertz CT molecular complexity index is 583. The predicted molar refractivity (Wildman–Crippen MR) is 71.4 cm³/mol. The number of rotatable bonds is 5. The Hall–Kier alpha value is -1.45. The summed E-state index contributed by atoms with van der Waals surface area (Å²) in [5.74, 6) is -0.231. The number of hydrogen-bond acceptors (Lipinski definition) is 5. The Kier molecular flexibility index (Phi) is 4.41. The number of nitrogens with one attached hydrogen (secondary N) is 1. The zero-order valence-corrected chi connectivity index (χ0v) is 12.3. The molecule has 112 valence electrons. The van der Waals surface area contributed by atoms with Gasteiger partial charge in [0.25, 0.3) is 0 Å². The Morgan fingerprint density at radius 1 is 1.60 bits per heavy atom. The minimum atomic E-state index is -3.27. The zero-order chi connectivity index (χ0) is 14.8. The number of aromatic nitrogens is 2.